The van der Waals surface area contributed by atoms with E-state index in [0.717, 1.165) is 12.0 Å². The fraction of sp³-hybridized carbons (Fsp3) is 0.625. The van der Waals surface area contributed by atoms with Gasteiger partial charge in [0.2, 0.25) is 0 Å². The van der Waals surface area contributed by atoms with Crippen LogP contribution in [0.2, 0.25) is 0 Å². The van der Waals surface area contributed by atoms with Crippen molar-refractivity contribution in [3.8, 4) is 0 Å². The Morgan fingerprint density at radius 1 is 1.11 bits per heavy atom. The first-order valence-corrected chi connectivity index (χ1v) is 7.38. The Hall–Kier alpha value is -1.02. The van der Waals surface area contributed by atoms with Crippen molar-refractivity contribution >= 4 is 5.69 Å². The fourth-order valence-corrected chi connectivity index (χ4v) is 3.74. The van der Waals surface area contributed by atoms with E-state index < -0.39 is 0 Å². The van der Waals surface area contributed by atoms with Gasteiger partial charge in [-0.15, -0.1) is 0 Å². The van der Waals surface area contributed by atoms with E-state index in [9.17, 15) is 0 Å². The summed E-state index contributed by atoms with van der Waals surface area (Å²) >= 11 is 0. The summed E-state index contributed by atoms with van der Waals surface area (Å²) in [7, 11) is 0. The third kappa shape index (κ3) is 2.14. The van der Waals surface area contributed by atoms with Crippen molar-refractivity contribution < 1.29 is 0 Å². The summed E-state index contributed by atoms with van der Waals surface area (Å²) in [6, 6.07) is 9.86. The topological polar surface area (TPSA) is 29.3 Å². The molecule has 1 aromatic rings. The monoisotopic (exact) mass is 244 g/mol. The van der Waals surface area contributed by atoms with E-state index in [-0.39, 0.29) is 6.04 Å². The maximum Gasteiger partial charge on any atom is 0.0369 e. The minimum absolute atomic E-state index is 0.139. The zero-order chi connectivity index (χ0) is 12.5. The van der Waals surface area contributed by atoms with Crippen LogP contribution in [0.1, 0.15) is 50.6 Å². The average Bonchev–Trinajstić information content (AvgIpc) is 2.87. The standard InChI is InChI=1S/C16H24N2/c1-12(17)13-7-9-15(10-8-13)18-11-3-5-14-4-2-6-16(14)18/h7-10,12,14,16H,2-6,11,17H2,1H3. The molecule has 1 aliphatic carbocycles. The second-order valence-corrected chi connectivity index (χ2v) is 5.97. The van der Waals surface area contributed by atoms with Crippen molar-refractivity contribution in [2.45, 2.75) is 51.1 Å². The number of rotatable bonds is 2. The van der Waals surface area contributed by atoms with E-state index in [2.05, 4.69) is 29.2 Å². The van der Waals surface area contributed by atoms with E-state index >= 15 is 0 Å². The van der Waals surface area contributed by atoms with E-state index in [0.29, 0.717) is 0 Å². The number of hydrogen-bond acceptors (Lipinski definition) is 2. The molecule has 3 atom stereocenters. The van der Waals surface area contributed by atoms with Gasteiger partial charge in [-0.1, -0.05) is 18.6 Å². The second kappa shape index (κ2) is 4.93. The maximum atomic E-state index is 5.91. The van der Waals surface area contributed by atoms with E-state index in [1.165, 1.54) is 49.9 Å². The summed E-state index contributed by atoms with van der Waals surface area (Å²) in [6.07, 6.45) is 7.05. The third-order valence-electron chi connectivity index (χ3n) is 4.74. The lowest BCUT2D eigenvalue weighted by Gasteiger charge is -2.39. The molecule has 1 heterocycles. The zero-order valence-electron chi connectivity index (χ0n) is 11.3. The SMILES string of the molecule is CC(N)c1ccc(N2CCCC3CCCC32)cc1. The molecule has 1 aliphatic heterocycles. The summed E-state index contributed by atoms with van der Waals surface area (Å²) in [5.74, 6) is 0.951. The molecule has 3 unspecified atom stereocenters. The molecule has 1 saturated carbocycles. The van der Waals surface area contributed by atoms with E-state index in [1.807, 2.05) is 6.92 Å². The van der Waals surface area contributed by atoms with Gasteiger partial charge >= 0.3 is 0 Å². The molecule has 2 aliphatic rings. The van der Waals surface area contributed by atoms with Crippen LogP contribution in [-0.2, 0) is 0 Å². The van der Waals surface area contributed by atoms with Gasteiger partial charge in [-0.3, -0.25) is 0 Å². The molecule has 1 aromatic carbocycles. The van der Waals surface area contributed by atoms with Gasteiger partial charge in [0.15, 0.2) is 0 Å². The lowest BCUT2D eigenvalue weighted by Crippen LogP contribution is -2.42. The molecule has 18 heavy (non-hydrogen) atoms. The first kappa shape index (κ1) is 12.0. The molecular formula is C16H24N2. The fourth-order valence-electron chi connectivity index (χ4n) is 3.74. The second-order valence-electron chi connectivity index (χ2n) is 5.97. The Morgan fingerprint density at radius 2 is 1.83 bits per heavy atom. The van der Waals surface area contributed by atoms with E-state index in [4.69, 9.17) is 5.73 Å². The van der Waals surface area contributed by atoms with Gasteiger partial charge < -0.3 is 10.6 Å². The normalized spacial score (nSPS) is 29.1. The van der Waals surface area contributed by atoms with Crippen LogP contribution in [0.25, 0.3) is 0 Å². The largest absolute Gasteiger partial charge is 0.368 e. The summed E-state index contributed by atoms with van der Waals surface area (Å²) in [5, 5.41) is 0. The predicted octanol–water partition coefficient (Wildman–Crippen LogP) is 3.48. The molecule has 0 radical (unpaired) electrons. The molecule has 3 rings (SSSR count). The number of fused-ring (bicyclic) bond motifs is 1. The molecule has 2 heteroatoms. The number of anilines is 1. The van der Waals surface area contributed by atoms with Crippen molar-refractivity contribution in [2.75, 3.05) is 11.4 Å². The first-order chi connectivity index (χ1) is 8.75. The van der Waals surface area contributed by atoms with Crippen LogP contribution in [0.15, 0.2) is 24.3 Å². The molecule has 0 amide bonds. The van der Waals surface area contributed by atoms with Crippen LogP contribution in [-0.4, -0.2) is 12.6 Å². The Balaban J connectivity index is 1.80. The zero-order valence-corrected chi connectivity index (χ0v) is 11.3. The predicted molar refractivity (Wildman–Crippen MR) is 76.8 cm³/mol. The average molecular weight is 244 g/mol. The lowest BCUT2D eigenvalue weighted by molar-refractivity contribution is 0.362. The van der Waals surface area contributed by atoms with Crippen molar-refractivity contribution in [1.82, 2.24) is 0 Å². The van der Waals surface area contributed by atoms with Gasteiger partial charge in [0.05, 0.1) is 0 Å². The smallest absolute Gasteiger partial charge is 0.0369 e. The third-order valence-corrected chi connectivity index (χ3v) is 4.74. The molecule has 2 nitrogen and oxygen atoms in total. The highest BCUT2D eigenvalue weighted by atomic mass is 15.2. The van der Waals surface area contributed by atoms with Crippen molar-refractivity contribution in [1.29, 1.82) is 0 Å². The first-order valence-electron chi connectivity index (χ1n) is 7.38. The summed E-state index contributed by atoms with van der Waals surface area (Å²) in [4.78, 5) is 2.64. The van der Waals surface area contributed by atoms with Crippen molar-refractivity contribution in [3.63, 3.8) is 0 Å². The summed E-state index contributed by atoms with van der Waals surface area (Å²) in [6.45, 7) is 3.28. The Morgan fingerprint density at radius 3 is 2.56 bits per heavy atom. The highest BCUT2D eigenvalue weighted by Gasteiger charge is 2.34. The Bertz CT molecular complexity index is 396. The van der Waals surface area contributed by atoms with Crippen molar-refractivity contribution in [2.24, 2.45) is 11.7 Å². The minimum atomic E-state index is 0.139. The highest BCUT2D eigenvalue weighted by molar-refractivity contribution is 5.49. The quantitative estimate of drug-likeness (QED) is 0.863. The number of nitrogens with two attached hydrogens (primary N) is 1. The molecule has 2 N–H and O–H groups in total. The number of hydrogen-bond donors (Lipinski definition) is 1. The highest BCUT2D eigenvalue weighted by Crippen LogP contribution is 2.39. The van der Waals surface area contributed by atoms with Gasteiger partial charge in [-0.05, 0) is 56.2 Å². The minimum Gasteiger partial charge on any atom is -0.368 e. The molecular weight excluding hydrogens is 220 g/mol. The van der Waals surface area contributed by atoms with Crippen LogP contribution in [0.5, 0.6) is 0 Å². The van der Waals surface area contributed by atoms with Gasteiger partial charge in [0.1, 0.15) is 0 Å². The van der Waals surface area contributed by atoms with Gasteiger partial charge in [0, 0.05) is 24.3 Å². The van der Waals surface area contributed by atoms with Crippen LogP contribution in [0.4, 0.5) is 5.69 Å². The number of nitrogens with zero attached hydrogens (tertiary/aromatic N) is 1. The van der Waals surface area contributed by atoms with Gasteiger partial charge in [0.25, 0.3) is 0 Å². The molecule has 0 aromatic heterocycles. The maximum absolute atomic E-state index is 5.91. The summed E-state index contributed by atoms with van der Waals surface area (Å²) < 4.78 is 0. The number of piperidine rings is 1. The van der Waals surface area contributed by atoms with Crippen LogP contribution in [0, 0.1) is 5.92 Å². The van der Waals surface area contributed by atoms with Crippen LogP contribution >= 0.6 is 0 Å². The van der Waals surface area contributed by atoms with E-state index in [1.54, 1.807) is 0 Å². The molecule has 98 valence electrons. The Labute approximate surface area is 110 Å². The Kier molecular flexibility index (Phi) is 3.29. The van der Waals surface area contributed by atoms with Gasteiger partial charge in [-0.25, -0.2) is 0 Å². The van der Waals surface area contributed by atoms with Gasteiger partial charge in [-0.2, -0.15) is 0 Å². The lowest BCUT2D eigenvalue weighted by atomic mass is 9.91. The van der Waals surface area contributed by atoms with Crippen molar-refractivity contribution in [3.05, 3.63) is 29.8 Å². The van der Waals surface area contributed by atoms with Crippen LogP contribution < -0.4 is 10.6 Å². The van der Waals surface area contributed by atoms with Crippen LogP contribution in [0.3, 0.4) is 0 Å². The molecule has 0 bridgehead atoms. The number of benzene rings is 1. The summed E-state index contributed by atoms with van der Waals surface area (Å²) in [5.41, 5.74) is 8.55. The molecule has 0 spiro atoms. The molecule has 1 saturated heterocycles. The molecule has 2 fully saturated rings.